The Balaban J connectivity index is 1.92. The monoisotopic (exact) mass is 390 g/mol. The highest BCUT2D eigenvalue weighted by Gasteiger charge is 2.56. The van der Waals surface area contributed by atoms with E-state index in [2.05, 4.69) is 0 Å². The molecule has 0 saturated carbocycles. The summed E-state index contributed by atoms with van der Waals surface area (Å²) in [5, 5.41) is 11.6. The number of ether oxygens (including phenoxy) is 3. The van der Waals surface area contributed by atoms with Crippen molar-refractivity contribution in [1.29, 1.82) is 0 Å². The molecule has 3 aliphatic rings. The van der Waals surface area contributed by atoms with Crippen LogP contribution in [0.3, 0.4) is 0 Å². The first-order valence-corrected chi connectivity index (χ1v) is 10.4. The highest BCUT2D eigenvalue weighted by Crippen LogP contribution is 2.52. The van der Waals surface area contributed by atoms with E-state index in [-0.39, 0.29) is 18.2 Å². The molecular weight excluding hydrogens is 356 g/mol. The second-order valence-corrected chi connectivity index (χ2v) is 9.02. The van der Waals surface area contributed by atoms with Gasteiger partial charge in [0.1, 0.15) is 5.60 Å². The standard InChI is InChI=1S/C23H34O5/c1-7-26-20(24)19-10-8-9-18(19)11-12-23(25)15(2)13-22(14-21(23,5)6)27-16(3)17(4)28-22/h11-13,16-17,25H,7-10,14H2,1-6H3/b12-11+. The molecule has 3 unspecified atom stereocenters. The lowest BCUT2D eigenvalue weighted by Gasteiger charge is -2.49. The summed E-state index contributed by atoms with van der Waals surface area (Å²) in [7, 11) is 0. The van der Waals surface area contributed by atoms with Gasteiger partial charge in [-0.1, -0.05) is 19.9 Å². The molecule has 0 radical (unpaired) electrons. The predicted octanol–water partition coefficient (Wildman–Crippen LogP) is 4.21. The van der Waals surface area contributed by atoms with Crippen molar-refractivity contribution in [2.75, 3.05) is 6.61 Å². The lowest BCUT2D eigenvalue weighted by molar-refractivity contribution is -0.183. The van der Waals surface area contributed by atoms with E-state index >= 15 is 0 Å². The summed E-state index contributed by atoms with van der Waals surface area (Å²) in [5.74, 6) is -1.02. The SMILES string of the molecule is CCOC(=O)C1=C(/C=C/C2(O)C(C)=CC3(CC2(C)C)OC(C)C(C)O3)CCC1. The Bertz CT molecular complexity index is 719. The van der Waals surface area contributed by atoms with Crippen molar-refractivity contribution in [3.63, 3.8) is 0 Å². The fourth-order valence-corrected chi connectivity index (χ4v) is 4.76. The summed E-state index contributed by atoms with van der Waals surface area (Å²) in [4.78, 5) is 12.2. The van der Waals surface area contributed by atoms with E-state index in [1.54, 1.807) is 0 Å². The van der Waals surface area contributed by atoms with E-state index in [0.717, 1.165) is 36.0 Å². The molecule has 0 aromatic heterocycles. The van der Waals surface area contributed by atoms with Crippen LogP contribution in [0.5, 0.6) is 0 Å². The average Bonchev–Trinajstić information content (AvgIpc) is 3.16. The molecule has 1 aliphatic heterocycles. The third kappa shape index (κ3) is 3.60. The number of esters is 1. The van der Waals surface area contributed by atoms with E-state index in [4.69, 9.17) is 14.2 Å². The Labute approximate surface area is 168 Å². The van der Waals surface area contributed by atoms with Gasteiger partial charge in [0, 0.05) is 17.4 Å². The molecule has 156 valence electrons. The van der Waals surface area contributed by atoms with Crippen molar-refractivity contribution in [3.8, 4) is 0 Å². The number of hydrogen-bond donors (Lipinski definition) is 1. The van der Waals surface area contributed by atoms with Gasteiger partial charge < -0.3 is 19.3 Å². The van der Waals surface area contributed by atoms with Crippen molar-refractivity contribution >= 4 is 5.97 Å². The molecule has 5 nitrogen and oxygen atoms in total. The zero-order valence-corrected chi connectivity index (χ0v) is 18.0. The smallest absolute Gasteiger partial charge is 0.334 e. The minimum atomic E-state index is -1.14. The van der Waals surface area contributed by atoms with E-state index in [0.29, 0.717) is 13.0 Å². The van der Waals surface area contributed by atoms with E-state index in [1.165, 1.54) is 0 Å². The predicted molar refractivity (Wildman–Crippen MR) is 108 cm³/mol. The number of carbonyl (C=O) groups excluding carboxylic acids is 1. The first-order valence-electron chi connectivity index (χ1n) is 10.4. The third-order valence-corrected chi connectivity index (χ3v) is 6.50. The Morgan fingerprint density at radius 3 is 2.50 bits per heavy atom. The zero-order chi connectivity index (χ0) is 20.7. The van der Waals surface area contributed by atoms with Crippen LogP contribution in [0.2, 0.25) is 0 Å². The summed E-state index contributed by atoms with van der Waals surface area (Å²) in [6.45, 7) is 12.2. The van der Waals surface area contributed by atoms with E-state index in [9.17, 15) is 9.90 Å². The summed E-state index contributed by atoms with van der Waals surface area (Å²) in [5.41, 5.74) is 0.854. The maximum atomic E-state index is 12.2. The Morgan fingerprint density at radius 1 is 1.29 bits per heavy atom. The van der Waals surface area contributed by atoms with Crippen LogP contribution >= 0.6 is 0 Å². The zero-order valence-electron chi connectivity index (χ0n) is 18.0. The van der Waals surface area contributed by atoms with Crippen LogP contribution in [0.1, 0.15) is 67.2 Å². The summed E-state index contributed by atoms with van der Waals surface area (Å²) in [6, 6.07) is 0. The molecule has 0 bridgehead atoms. The normalized spacial score (nSPS) is 37.8. The molecule has 0 aromatic rings. The van der Waals surface area contributed by atoms with Crippen LogP contribution in [0, 0.1) is 5.41 Å². The number of allylic oxidation sites excluding steroid dienone is 2. The van der Waals surface area contributed by atoms with Crippen LogP contribution in [-0.2, 0) is 19.0 Å². The first-order chi connectivity index (χ1) is 13.0. The third-order valence-electron chi connectivity index (χ3n) is 6.50. The quantitative estimate of drug-likeness (QED) is 0.575. The lowest BCUT2D eigenvalue weighted by Crippen LogP contribution is -2.53. The molecule has 1 heterocycles. The molecule has 0 aromatic carbocycles. The van der Waals surface area contributed by atoms with Crippen molar-refractivity contribution in [2.45, 2.75) is 90.8 Å². The minimum Gasteiger partial charge on any atom is -0.463 e. The van der Waals surface area contributed by atoms with Gasteiger partial charge in [-0.05, 0) is 70.3 Å². The second kappa shape index (κ2) is 7.43. The maximum absolute atomic E-state index is 12.2. The van der Waals surface area contributed by atoms with Gasteiger partial charge in [0.25, 0.3) is 0 Å². The van der Waals surface area contributed by atoms with Gasteiger partial charge in [0.2, 0.25) is 0 Å². The van der Waals surface area contributed by atoms with Crippen molar-refractivity contribution in [2.24, 2.45) is 5.41 Å². The van der Waals surface area contributed by atoms with Gasteiger partial charge in [-0.25, -0.2) is 4.79 Å². The Kier molecular flexibility index (Phi) is 5.65. The summed E-state index contributed by atoms with van der Waals surface area (Å²) in [6.07, 6.45) is 8.75. The fraction of sp³-hybridized carbons (Fsp3) is 0.696. The topological polar surface area (TPSA) is 65.0 Å². The van der Waals surface area contributed by atoms with Crippen molar-refractivity contribution < 1.29 is 24.1 Å². The van der Waals surface area contributed by atoms with E-state index < -0.39 is 16.8 Å². The molecule has 5 heteroatoms. The molecule has 3 rings (SSSR count). The van der Waals surface area contributed by atoms with Crippen molar-refractivity contribution in [1.82, 2.24) is 0 Å². The number of rotatable bonds is 4. The van der Waals surface area contributed by atoms with Gasteiger partial charge in [-0.15, -0.1) is 0 Å². The largest absolute Gasteiger partial charge is 0.463 e. The molecule has 1 fully saturated rings. The summed E-state index contributed by atoms with van der Waals surface area (Å²) >= 11 is 0. The van der Waals surface area contributed by atoms with Gasteiger partial charge in [0.05, 0.1) is 18.8 Å². The fourth-order valence-electron chi connectivity index (χ4n) is 4.76. The Morgan fingerprint density at radius 2 is 1.93 bits per heavy atom. The average molecular weight is 391 g/mol. The molecule has 1 N–H and O–H groups in total. The van der Waals surface area contributed by atoms with Gasteiger partial charge in [0.15, 0.2) is 5.79 Å². The molecular formula is C23H34O5. The number of aliphatic hydroxyl groups is 1. The molecule has 2 aliphatic carbocycles. The Hall–Kier alpha value is -1.43. The van der Waals surface area contributed by atoms with Crippen molar-refractivity contribution in [3.05, 3.63) is 34.9 Å². The number of hydrogen-bond acceptors (Lipinski definition) is 5. The van der Waals surface area contributed by atoms with Crippen LogP contribution in [-0.4, -0.2) is 41.3 Å². The highest BCUT2D eigenvalue weighted by molar-refractivity contribution is 5.90. The number of carbonyl (C=O) groups is 1. The molecule has 0 amide bonds. The van der Waals surface area contributed by atoms with E-state index in [1.807, 2.05) is 59.8 Å². The second-order valence-electron chi connectivity index (χ2n) is 9.02. The molecule has 3 atom stereocenters. The summed E-state index contributed by atoms with van der Waals surface area (Å²) < 4.78 is 17.5. The molecule has 1 saturated heterocycles. The van der Waals surface area contributed by atoms with Gasteiger partial charge in [-0.2, -0.15) is 0 Å². The lowest BCUT2D eigenvalue weighted by atomic mass is 9.63. The van der Waals surface area contributed by atoms with Crippen LogP contribution in [0.15, 0.2) is 34.9 Å². The van der Waals surface area contributed by atoms with Gasteiger partial charge >= 0.3 is 5.97 Å². The highest BCUT2D eigenvalue weighted by atomic mass is 16.8. The molecule has 1 spiro atoms. The van der Waals surface area contributed by atoms with Crippen LogP contribution < -0.4 is 0 Å². The molecule has 28 heavy (non-hydrogen) atoms. The maximum Gasteiger partial charge on any atom is 0.334 e. The van der Waals surface area contributed by atoms with Gasteiger partial charge in [-0.3, -0.25) is 0 Å². The van der Waals surface area contributed by atoms with Crippen LogP contribution in [0.4, 0.5) is 0 Å². The first kappa shape index (κ1) is 21.3. The minimum absolute atomic E-state index is 0.0114. The van der Waals surface area contributed by atoms with Crippen LogP contribution in [0.25, 0.3) is 0 Å².